The van der Waals surface area contributed by atoms with Gasteiger partial charge in [0.15, 0.2) is 11.7 Å². The molecule has 1 heterocycles. The second kappa shape index (κ2) is 8.49. The SMILES string of the molecule is O=C(COc1ccc([N+](=O)[O-])cc1)NC(=S)Nc1ccc(I)cn1. The molecule has 0 radical (unpaired) electrons. The minimum absolute atomic E-state index is 0.0535. The van der Waals surface area contributed by atoms with E-state index in [-0.39, 0.29) is 17.4 Å². The van der Waals surface area contributed by atoms with Gasteiger partial charge in [-0.1, -0.05) is 0 Å². The first kappa shape index (κ1) is 18.0. The van der Waals surface area contributed by atoms with Crippen LogP contribution in [0.3, 0.4) is 0 Å². The van der Waals surface area contributed by atoms with Gasteiger partial charge in [-0.25, -0.2) is 4.98 Å². The van der Waals surface area contributed by atoms with Crippen molar-refractivity contribution < 1.29 is 14.5 Å². The average molecular weight is 458 g/mol. The Morgan fingerprint density at radius 2 is 2.00 bits per heavy atom. The largest absolute Gasteiger partial charge is 0.484 e. The van der Waals surface area contributed by atoms with Gasteiger partial charge in [-0.3, -0.25) is 20.2 Å². The normalized spacial score (nSPS) is 9.88. The number of nitrogens with zero attached hydrogens (tertiary/aromatic N) is 2. The van der Waals surface area contributed by atoms with Crippen LogP contribution in [-0.4, -0.2) is 27.5 Å². The molecule has 2 rings (SSSR count). The number of amides is 1. The summed E-state index contributed by atoms with van der Waals surface area (Å²) in [6, 6.07) is 8.99. The van der Waals surface area contributed by atoms with E-state index >= 15 is 0 Å². The lowest BCUT2D eigenvalue weighted by Crippen LogP contribution is -2.37. The third-order valence-corrected chi connectivity index (χ3v) is 3.48. The maximum absolute atomic E-state index is 11.8. The Hall–Kier alpha value is -2.34. The molecule has 0 aliphatic heterocycles. The van der Waals surface area contributed by atoms with Crippen molar-refractivity contribution in [3.63, 3.8) is 0 Å². The van der Waals surface area contributed by atoms with Crippen LogP contribution in [0.2, 0.25) is 0 Å². The van der Waals surface area contributed by atoms with E-state index in [1.54, 1.807) is 12.3 Å². The van der Waals surface area contributed by atoms with Crippen molar-refractivity contribution in [2.24, 2.45) is 0 Å². The minimum atomic E-state index is -0.515. The molecule has 0 saturated carbocycles. The first-order valence-corrected chi connectivity index (χ1v) is 8.02. The summed E-state index contributed by atoms with van der Waals surface area (Å²) in [4.78, 5) is 25.9. The molecule has 0 unspecified atom stereocenters. The molecule has 1 amide bonds. The lowest BCUT2D eigenvalue weighted by molar-refractivity contribution is -0.384. The number of nitro groups is 1. The summed E-state index contributed by atoms with van der Waals surface area (Å²) in [5.74, 6) is 0.391. The van der Waals surface area contributed by atoms with Crippen LogP contribution in [0.15, 0.2) is 42.6 Å². The molecule has 8 nitrogen and oxygen atoms in total. The molecule has 10 heteroatoms. The highest BCUT2D eigenvalue weighted by Gasteiger charge is 2.08. The summed E-state index contributed by atoms with van der Waals surface area (Å²) < 4.78 is 6.21. The quantitative estimate of drug-likeness (QED) is 0.307. The molecule has 0 aliphatic carbocycles. The van der Waals surface area contributed by atoms with E-state index in [0.717, 1.165) is 3.57 Å². The van der Waals surface area contributed by atoms with Gasteiger partial charge in [-0.15, -0.1) is 0 Å². The zero-order valence-corrected chi connectivity index (χ0v) is 15.0. The Labute approximate surface area is 155 Å². The number of carbonyl (C=O) groups excluding carboxylic acids is 1. The summed E-state index contributed by atoms with van der Waals surface area (Å²) in [5.41, 5.74) is -0.0535. The fourth-order valence-electron chi connectivity index (χ4n) is 1.57. The third-order valence-electron chi connectivity index (χ3n) is 2.64. The highest BCUT2D eigenvalue weighted by atomic mass is 127. The molecular weight excluding hydrogens is 447 g/mol. The van der Waals surface area contributed by atoms with Crippen molar-refractivity contribution in [3.8, 4) is 5.75 Å². The lowest BCUT2D eigenvalue weighted by atomic mass is 10.3. The Bertz CT molecular complexity index is 752. The van der Waals surface area contributed by atoms with Gasteiger partial charge in [0.2, 0.25) is 0 Å². The molecule has 1 aromatic heterocycles. The van der Waals surface area contributed by atoms with Crippen molar-refractivity contribution in [2.45, 2.75) is 0 Å². The van der Waals surface area contributed by atoms with Gasteiger partial charge in [0.25, 0.3) is 11.6 Å². The molecule has 0 saturated heterocycles. The van der Waals surface area contributed by atoms with Crippen molar-refractivity contribution in [3.05, 3.63) is 56.3 Å². The van der Waals surface area contributed by atoms with Gasteiger partial charge in [0.1, 0.15) is 11.6 Å². The monoisotopic (exact) mass is 458 g/mol. The van der Waals surface area contributed by atoms with E-state index in [2.05, 4.69) is 38.2 Å². The van der Waals surface area contributed by atoms with E-state index in [9.17, 15) is 14.9 Å². The van der Waals surface area contributed by atoms with Crippen molar-refractivity contribution in [2.75, 3.05) is 11.9 Å². The number of nitro benzene ring substituents is 1. The van der Waals surface area contributed by atoms with Gasteiger partial charge in [-0.2, -0.15) is 0 Å². The summed E-state index contributed by atoms with van der Waals surface area (Å²) in [6.45, 7) is -0.278. The molecule has 2 aromatic rings. The van der Waals surface area contributed by atoms with Crippen molar-refractivity contribution >= 4 is 57.3 Å². The number of carbonyl (C=O) groups is 1. The van der Waals surface area contributed by atoms with Gasteiger partial charge >= 0.3 is 0 Å². The molecule has 0 spiro atoms. The first-order chi connectivity index (χ1) is 11.4. The number of ether oxygens (including phenoxy) is 1. The Morgan fingerprint density at radius 1 is 1.29 bits per heavy atom. The summed E-state index contributed by atoms with van der Waals surface area (Å²) in [7, 11) is 0. The van der Waals surface area contributed by atoms with Crippen LogP contribution in [-0.2, 0) is 4.79 Å². The lowest BCUT2D eigenvalue weighted by Gasteiger charge is -2.09. The zero-order valence-electron chi connectivity index (χ0n) is 12.1. The van der Waals surface area contributed by atoms with Crippen molar-refractivity contribution in [1.82, 2.24) is 10.3 Å². The van der Waals surface area contributed by atoms with E-state index in [1.807, 2.05) is 6.07 Å². The van der Waals surface area contributed by atoms with Crippen LogP contribution in [0.4, 0.5) is 11.5 Å². The zero-order chi connectivity index (χ0) is 17.5. The number of hydrogen-bond acceptors (Lipinski definition) is 6. The van der Waals surface area contributed by atoms with E-state index in [1.165, 1.54) is 24.3 Å². The smallest absolute Gasteiger partial charge is 0.269 e. The minimum Gasteiger partial charge on any atom is -0.484 e. The fourth-order valence-corrected chi connectivity index (χ4v) is 2.11. The predicted molar refractivity (Wildman–Crippen MR) is 99.9 cm³/mol. The number of non-ortho nitro benzene ring substituents is 1. The summed E-state index contributed by atoms with van der Waals surface area (Å²) in [6.07, 6.45) is 1.66. The van der Waals surface area contributed by atoms with Gasteiger partial charge in [0, 0.05) is 21.9 Å². The number of anilines is 1. The van der Waals surface area contributed by atoms with Crippen LogP contribution in [0.1, 0.15) is 0 Å². The number of halogens is 1. The number of aromatic nitrogens is 1. The van der Waals surface area contributed by atoms with Crippen LogP contribution >= 0.6 is 34.8 Å². The molecule has 24 heavy (non-hydrogen) atoms. The summed E-state index contributed by atoms with van der Waals surface area (Å²) in [5, 5.41) is 15.9. The highest BCUT2D eigenvalue weighted by Crippen LogP contribution is 2.17. The fraction of sp³-hybridized carbons (Fsp3) is 0.0714. The maximum atomic E-state index is 11.8. The highest BCUT2D eigenvalue weighted by molar-refractivity contribution is 14.1. The van der Waals surface area contributed by atoms with Crippen molar-refractivity contribution in [1.29, 1.82) is 0 Å². The second-order valence-electron chi connectivity index (χ2n) is 4.40. The number of hydrogen-bond donors (Lipinski definition) is 2. The molecule has 2 N–H and O–H groups in total. The van der Waals surface area contributed by atoms with Crippen LogP contribution < -0.4 is 15.4 Å². The number of nitrogens with one attached hydrogen (secondary N) is 2. The molecular formula is C14H11IN4O4S. The third kappa shape index (κ3) is 5.70. The number of benzene rings is 1. The van der Waals surface area contributed by atoms with E-state index in [4.69, 9.17) is 17.0 Å². The van der Waals surface area contributed by atoms with Crippen LogP contribution in [0.25, 0.3) is 0 Å². The average Bonchev–Trinajstić information content (AvgIpc) is 2.55. The van der Waals surface area contributed by atoms with E-state index in [0.29, 0.717) is 11.6 Å². The molecule has 0 bridgehead atoms. The molecule has 0 aliphatic rings. The summed E-state index contributed by atoms with van der Waals surface area (Å²) >= 11 is 7.13. The van der Waals surface area contributed by atoms with Gasteiger partial charge in [-0.05, 0) is 59.1 Å². The molecule has 1 aromatic carbocycles. The topological polar surface area (TPSA) is 106 Å². The Balaban J connectivity index is 1.79. The van der Waals surface area contributed by atoms with E-state index < -0.39 is 10.8 Å². The van der Waals surface area contributed by atoms with Gasteiger partial charge < -0.3 is 10.1 Å². The number of pyridine rings is 1. The number of rotatable bonds is 5. The maximum Gasteiger partial charge on any atom is 0.269 e. The van der Waals surface area contributed by atoms with Crippen LogP contribution in [0.5, 0.6) is 5.75 Å². The standard InChI is InChI=1S/C14H11IN4O4S/c15-9-1-6-12(16-7-9)17-14(24)18-13(20)8-23-11-4-2-10(3-5-11)19(21)22/h1-7H,8H2,(H2,16,17,18,20,24). The predicted octanol–water partition coefficient (Wildman–Crippen LogP) is 2.49. The second-order valence-corrected chi connectivity index (χ2v) is 6.06. The molecule has 0 atom stereocenters. The molecule has 124 valence electrons. The Morgan fingerprint density at radius 3 is 2.58 bits per heavy atom. The van der Waals surface area contributed by atoms with Crippen LogP contribution in [0, 0.1) is 13.7 Å². The number of thiocarbonyl (C=S) groups is 1. The molecule has 0 fully saturated rings. The van der Waals surface area contributed by atoms with Gasteiger partial charge in [0.05, 0.1) is 4.92 Å². The Kier molecular flexibility index (Phi) is 6.37. The first-order valence-electron chi connectivity index (χ1n) is 6.53.